The summed E-state index contributed by atoms with van der Waals surface area (Å²) in [5, 5.41) is 10.6. The number of nitrogens with zero attached hydrogens (tertiary/aromatic N) is 2. The Morgan fingerprint density at radius 3 is 2.59 bits per heavy atom. The van der Waals surface area contributed by atoms with E-state index in [2.05, 4.69) is 25.8 Å². The minimum absolute atomic E-state index is 0.110. The van der Waals surface area contributed by atoms with Gasteiger partial charge in [-0.2, -0.15) is 23.3 Å². The second-order valence-corrected chi connectivity index (χ2v) is 5.19. The third-order valence-electron chi connectivity index (χ3n) is 3.17. The first kappa shape index (κ1) is 20.4. The number of ether oxygens (including phenoxy) is 1. The Morgan fingerprint density at radius 1 is 1.30 bits per heavy atom. The topological polar surface area (TPSA) is 91.4 Å². The summed E-state index contributed by atoms with van der Waals surface area (Å²) in [5.41, 5.74) is -1.01. The number of carbonyl (C=O) groups excluding carboxylic acids is 1. The Morgan fingerprint density at radius 2 is 2.00 bits per heavy atom. The average Bonchev–Trinajstić information content (AvgIpc) is 3.08. The second kappa shape index (κ2) is 9.12. The summed E-state index contributed by atoms with van der Waals surface area (Å²) in [7, 11) is 0. The fourth-order valence-electron chi connectivity index (χ4n) is 1.91. The van der Waals surface area contributed by atoms with Crippen LogP contribution in [-0.2, 0) is 10.9 Å². The molecule has 2 aromatic rings. The number of hydrogen-bond acceptors (Lipinski definition) is 3. The van der Waals surface area contributed by atoms with Crippen LogP contribution in [0.15, 0.2) is 35.3 Å². The summed E-state index contributed by atoms with van der Waals surface area (Å²) in [6, 6.07) is 5.43. The summed E-state index contributed by atoms with van der Waals surface area (Å²) >= 11 is 0. The molecular formula is C16H17F4N5O2. The quantitative estimate of drug-likeness (QED) is 0.307. The van der Waals surface area contributed by atoms with Gasteiger partial charge in [-0.05, 0) is 31.2 Å². The van der Waals surface area contributed by atoms with E-state index in [0.717, 1.165) is 18.2 Å². The van der Waals surface area contributed by atoms with Gasteiger partial charge in [-0.15, -0.1) is 0 Å². The Labute approximate surface area is 151 Å². The van der Waals surface area contributed by atoms with Crippen LogP contribution >= 0.6 is 0 Å². The van der Waals surface area contributed by atoms with Crippen molar-refractivity contribution in [2.24, 2.45) is 4.99 Å². The number of aromatic nitrogens is 2. The summed E-state index contributed by atoms with van der Waals surface area (Å²) < 4.78 is 56.0. The highest BCUT2D eigenvalue weighted by atomic mass is 19.4. The average molecular weight is 387 g/mol. The molecule has 0 aliphatic heterocycles. The lowest BCUT2D eigenvalue weighted by Gasteiger charge is -2.10. The number of amides is 1. The lowest BCUT2D eigenvalue weighted by Crippen LogP contribution is -2.34. The van der Waals surface area contributed by atoms with E-state index in [1.807, 2.05) is 0 Å². The molecular weight excluding hydrogens is 370 g/mol. The van der Waals surface area contributed by atoms with Crippen LogP contribution in [0.4, 0.5) is 23.4 Å². The van der Waals surface area contributed by atoms with E-state index in [0.29, 0.717) is 13.2 Å². The number of H-pyrrole nitrogens is 1. The summed E-state index contributed by atoms with van der Waals surface area (Å²) in [6.07, 6.45) is -4.61. The van der Waals surface area contributed by atoms with Gasteiger partial charge >= 0.3 is 6.18 Å². The van der Waals surface area contributed by atoms with Crippen molar-refractivity contribution in [3.63, 3.8) is 0 Å². The van der Waals surface area contributed by atoms with Crippen LogP contribution in [0.1, 0.15) is 23.0 Å². The molecule has 0 atom stereocenters. The zero-order chi connectivity index (χ0) is 19.9. The smallest absolute Gasteiger partial charge is 0.380 e. The van der Waals surface area contributed by atoms with E-state index >= 15 is 0 Å². The van der Waals surface area contributed by atoms with Gasteiger partial charge < -0.3 is 15.4 Å². The largest absolute Gasteiger partial charge is 0.435 e. The Kier molecular flexibility index (Phi) is 6.88. The number of carbonyl (C=O) groups is 1. The Hall–Kier alpha value is -2.95. The van der Waals surface area contributed by atoms with Crippen molar-refractivity contribution >= 4 is 17.7 Å². The fourth-order valence-corrected chi connectivity index (χ4v) is 1.91. The highest BCUT2D eigenvalue weighted by Gasteiger charge is 2.34. The molecule has 1 amide bonds. The third kappa shape index (κ3) is 6.37. The van der Waals surface area contributed by atoms with Crippen LogP contribution in [0.25, 0.3) is 0 Å². The van der Waals surface area contributed by atoms with E-state index in [-0.39, 0.29) is 23.9 Å². The van der Waals surface area contributed by atoms with Crippen molar-refractivity contribution in [2.45, 2.75) is 13.1 Å². The van der Waals surface area contributed by atoms with Gasteiger partial charge in [0.25, 0.3) is 5.91 Å². The number of alkyl halides is 3. The molecule has 1 heterocycles. The number of hydrogen-bond donors (Lipinski definition) is 3. The van der Waals surface area contributed by atoms with Gasteiger partial charge in [0, 0.05) is 24.8 Å². The van der Waals surface area contributed by atoms with Gasteiger partial charge in [-0.3, -0.25) is 9.89 Å². The number of aliphatic imine (C=N–C) groups is 1. The standard InChI is InChI=1S/C16H17F4N5O2/c1-2-27-8-7-21-15(22-13-9-12(24-25-13)16(18,19)20)23-14(26)10-3-5-11(17)6-4-10/h3-6,9H,2,7-8H2,1H3,(H3,21,22,23,24,25,26). The molecule has 0 aliphatic carbocycles. The Bertz CT molecular complexity index is 787. The van der Waals surface area contributed by atoms with Crippen LogP contribution in [0.3, 0.4) is 0 Å². The van der Waals surface area contributed by atoms with Crippen molar-refractivity contribution in [3.8, 4) is 0 Å². The normalized spacial score (nSPS) is 12.1. The van der Waals surface area contributed by atoms with Crippen molar-refractivity contribution in [3.05, 3.63) is 47.4 Å². The number of anilines is 1. The van der Waals surface area contributed by atoms with Gasteiger partial charge in [0.15, 0.2) is 5.69 Å². The van der Waals surface area contributed by atoms with Gasteiger partial charge in [-0.25, -0.2) is 4.39 Å². The monoisotopic (exact) mass is 387 g/mol. The van der Waals surface area contributed by atoms with Gasteiger partial charge in [0.1, 0.15) is 11.6 Å². The maximum Gasteiger partial charge on any atom is 0.435 e. The zero-order valence-electron chi connectivity index (χ0n) is 14.2. The van der Waals surface area contributed by atoms with E-state index in [4.69, 9.17) is 4.74 Å². The summed E-state index contributed by atoms with van der Waals surface area (Å²) in [5.74, 6) is -1.45. The molecule has 3 N–H and O–H groups in total. The van der Waals surface area contributed by atoms with Crippen molar-refractivity contribution in [1.29, 1.82) is 0 Å². The number of benzene rings is 1. The molecule has 0 fully saturated rings. The van der Waals surface area contributed by atoms with E-state index in [1.54, 1.807) is 6.92 Å². The molecule has 0 saturated carbocycles. The SMILES string of the molecule is CCOCCN/C(=N/C(=O)c1ccc(F)cc1)Nc1cc(C(F)(F)F)n[nH]1. The molecule has 0 unspecified atom stereocenters. The molecule has 0 aliphatic rings. The third-order valence-corrected chi connectivity index (χ3v) is 3.17. The number of nitrogens with one attached hydrogen (secondary N) is 3. The first-order valence-electron chi connectivity index (χ1n) is 7.89. The molecule has 0 saturated heterocycles. The van der Waals surface area contributed by atoms with E-state index in [1.165, 1.54) is 12.1 Å². The predicted molar refractivity (Wildman–Crippen MR) is 89.9 cm³/mol. The predicted octanol–water partition coefficient (Wildman–Crippen LogP) is 2.80. The molecule has 146 valence electrons. The van der Waals surface area contributed by atoms with Crippen LogP contribution < -0.4 is 10.6 Å². The van der Waals surface area contributed by atoms with Crippen molar-refractivity contribution in [2.75, 3.05) is 25.1 Å². The molecule has 27 heavy (non-hydrogen) atoms. The molecule has 0 spiro atoms. The second-order valence-electron chi connectivity index (χ2n) is 5.19. The first-order chi connectivity index (χ1) is 12.8. The van der Waals surface area contributed by atoms with Crippen LogP contribution in [0.2, 0.25) is 0 Å². The maximum absolute atomic E-state index is 12.9. The van der Waals surface area contributed by atoms with Gasteiger partial charge in [-0.1, -0.05) is 0 Å². The lowest BCUT2D eigenvalue weighted by molar-refractivity contribution is -0.141. The Balaban J connectivity index is 2.15. The molecule has 2 rings (SSSR count). The van der Waals surface area contributed by atoms with Crippen LogP contribution in [-0.4, -0.2) is 41.8 Å². The lowest BCUT2D eigenvalue weighted by atomic mass is 10.2. The minimum Gasteiger partial charge on any atom is -0.380 e. The minimum atomic E-state index is -4.61. The highest BCUT2D eigenvalue weighted by Crippen LogP contribution is 2.28. The number of aromatic amines is 1. The molecule has 0 bridgehead atoms. The molecule has 11 heteroatoms. The first-order valence-corrected chi connectivity index (χ1v) is 7.89. The number of guanidine groups is 1. The van der Waals surface area contributed by atoms with E-state index < -0.39 is 23.6 Å². The zero-order valence-corrected chi connectivity index (χ0v) is 14.2. The van der Waals surface area contributed by atoms with Gasteiger partial charge in [0.05, 0.1) is 6.61 Å². The van der Waals surface area contributed by atoms with Crippen molar-refractivity contribution in [1.82, 2.24) is 15.5 Å². The number of halogens is 4. The highest BCUT2D eigenvalue weighted by molar-refractivity contribution is 6.06. The molecule has 7 nitrogen and oxygen atoms in total. The number of rotatable bonds is 6. The fraction of sp³-hybridized carbons (Fsp3) is 0.312. The van der Waals surface area contributed by atoms with Gasteiger partial charge in [0.2, 0.25) is 5.96 Å². The molecule has 0 radical (unpaired) electrons. The molecule has 1 aromatic carbocycles. The summed E-state index contributed by atoms with van der Waals surface area (Å²) in [4.78, 5) is 16.0. The molecule has 1 aromatic heterocycles. The van der Waals surface area contributed by atoms with Crippen LogP contribution in [0, 0.1) is 5.82 Å². The summed E-state index contributed by atoms with van der Waals surface area (Å²) in [6.45, 7) is 2.81. The van der Waals surface area contributed by atoms with Crippen molar-refractivity contribution < 1.29 is 27.1 Å². The van der Waals surface area contributed by atoms with Crippen LogP contribution in [0.5, 0.6) is 0 Å². The van der Waals surface area contributed by atoms with E-state index in [9.17, 15) is 22.4 Å². The maximum atomic E-state index is 12.9.